The average molecular weight is 387 g/mol. The summed E-state index contributed by atoms with van der Waals surface area (Å²) in [5.41, 5.74) is 0.963. The van der Waals surface area contributed by atoms with Gasteiger partial charge in [0, 0.05) is 22.6 Å². The molecule has 0 N–H and O–H groups in total. The van der Waals surface area contributed by atoms with Gasteiger partial charge in [-0.1, -0.05) is 0 Å². The summed E-state index contributed by atoms with van der Waals surface area (Å²) in [7, 11) is 0. The third-order valence-electron chi connectivity index (χ3n) is 3.58. The monoisotopic (exact) mass is 387 g/mol. The van der Waals surface area contributed by atoms with Crippen molar-refractivity contribution in [3.8, 4) is 0 Å². The van der Waals surface area contributed by atoms with Gasteiger partial charge in [0.05, 0.1) is 18.0 Å². The van der Waals surface area contributed by atoms with Gasteiger partial charge in [0.2, 0.25) is 0 Å². The summed E-state index contributed by atoms with van der Waals surface area (Å²) in [6, 6.07) is 0.224. The second kappa shape index (κ2) is 6.36. The fraction of sp³-hybridized carbons (Fsp3) is 0.571. The van der Waals surface area contributed by atoms with E-state index in [1.807, 2.05) is 6.20 Å². The van der Waals surface area contributed by atoms with Crippen LogP contribution in [0, 0.1) is 3.57 Å². The van der Waals surface area contributed by atoms with Gasteiger partial charge in [0.25, 0.3) is 0 Å². The summed E-state index contributed by atoms with van der Waals surface area (Å²) in [5, 5.41) is 1.09. The highest BCUT2D eigenvalue weighted by molar-refractivity contribution is 14.1. The molecule has 0 bridgehead atoms. The molecular weight excluding hydrogens is 369 g/mol. The molecule has 6 heteroatoms. The summed E-state index contributed by atoms with van der Waals surface area (Å²) < 4.78 is 14.8. The maximum Gasteiger partial charge on any atom is 0.157 e. The molecule has 1 aliphatic heterocycles. The van der Waals surface area contributed by atoms with Crippen LogP contribution in [0.1, 0.15) is 32.2 Å². The van der Waals surface area contributed by atoms with Crippen LogP contribution in [0.4, 0.5) is 0 Å². The zero-order valence-corrected chi connectivity index (χ0v) is 13.6. The number of hydrogen-bond donors (Lipinski definition) is 0. The van der Waals surface area contributed by atoms with E-state index >= 15 is 0 Å². The van der Waals surface area contributed by atoms with Gasteiger partial charge in [-0.15, -0.1) is 0 Å². The Bertz CT molecular complexity index is 581. The van der Waals surface area contributed by atoms with Crippen LogP contribution < -0.4 is 0 Å². The Morgan fingerprint density at radius 1 is 1.55 bits per heavy atom. The van der Waals surface area contributed by atoms with Crippen LogP contribution >= 0.6 is 22.6 Å². The first-order valence-electron chi connectivity index (χ1n) is 6.95. The van der Waals surface area contributed by atoms with Crippen LogP contribution in [-0.4, -0.2) is 34.0 Å². The highest BCUT2D eigenvalue weighted by atomic mass is 127. The van der Waals surface area contributed by atoms with Crippen molar-refractivity contribution >= 4 is 33.6 Å². The molecule has 1 aliphatic rings. The normalized spacial score (nSPS) is 21.2. The molecule has 0 aromatic carbocycles. The third kappa shape index (κ3) is 2.96. The molecule has 2 atom stereocenters. The standard InChI is InChI=1S/C14H18IN3O2/c1-10(8-20-13-4-2-3-5-19-13)18-7-12(15)11-6-16-9-17-14(11)18/h6-7,9-10,13H,2-5,8H2,1H3/t10-,13+/m1/s1. The summed E-state index contributed by atoms with van der Waals surface area (Å²) in [5.74, 6) is 0. The topological polar surface area (TPSA) is 49.2 Å². The fourth-order valence-electron chi connectivity index (χ4n) is 2.46. The Balaban J connectivity index is 1.70. The first-order chi connectivity index (χ1) is 9.75. The molecule has 20 heavy (non-hydrogen) atoms. The van der Waals surface area contributed by atoms with E-state index in [0.717, 1.165) is 30.5 Å². The number of aromatic nitrogens is 3. The van der Waals surface area contributed by atoms with Crippen molar-refractivity contribution in [1.82, 2.24) is 14.5 Å². The molecule has 1 fully saturated rings. The molecular formula is C14H18IN3O2. The Kier molecular flexibility index (Phi) is 4.52. The Hall–Kier alpha value is -0.730. The highest BCUT2D eigenvalue weighted by Gasteiger charge is 2.17. The van der Waals surface area contributed by atoms with Gasteiger partial charge >= 0.3 is 0 Å². The lowest BCUT2D eigenvalue weighted by Crippen LogP contribution is -2.25. The van der Waals surface area contributed by atoms with Crippen LogP contribution in [0.2, 0.25) is 0 Å². The molecule has 0 radical (unpaired) electrons. The van der Waals surface area contributed by atoms with Crippen LogP contribution in [0.25, 0.3) is 11.0 Å². The van der Waals surface area contributed by atoms with E-state index in [0.29, 0.717) is 6.61 Å². The van der Waals surface area contributed by atoms with Gasteiger partial charge < -0.3 is 14.0 Å². The van der Waals surface area contributed by atoms with Crippen molar-refractivity contribution < 1.29 is 9.47 Å². The smallest absolute Gasteiger partial charge is 0.157 e. The van der Waals surface area contributed by atoms with E-state index in [-0.39, 0.29) is 12.3 Å². The summed E-state index contributed by atoms with van der Waals surface area (Å²) in [6.45, 7) is 3.59. The number of nitrogens with zero attached hydrogens (tertiary/aromatic N) is 3. The lowest BCUT2D eigenvalue weighted by atomic mass is 10.2. The fourth-order valence-corrected chi connectivity index (χ4v) is 3.14. The van der Waals surface area contributed by atoms with E-state index < -0.39 is 0 Å². The van der Waals surface area contributed by atoms with Crippen LogP contribution in [-0.2, 0) is 9.47 Å². The van der Waals surface area contributed by atoms with Crippen molar-refractivity contribution in [2.45, 2.75) is 38.5 Å². The van der Waals surface area contributed by atoms with Crippen molar-refractivity contribution in [3.63, 3.8) is 0 Å². The summed E-state index contributed by atoms with van der Waals surface area (Å²) in [6.07, 6.45) is 8.85. The lowest BCUT2D eigenvalue weighted by molar-refractivity contribution is -0.166. The van der Waals surface area contributed by atoms with Gasteiger partial charge in [-0.05, 0) is 48.8 Å². The number of halogens is 1. The third-order valence-corrected chi connectivity index (χ3v) is 4.44. The predicted molar refractivity (Wildman–Crippen MR) is 84.5 cm³/mol. The minimum atomic E-state index is -0.0401. The van der Waals surface area contributed by atoms with Crippen molar-refractivity contribution in [3.05, 3.63) is 22.3 Å². The lowest BCUT2D eigenvalue weighted by Gasteiger charge is -2.24. The molecule has 108 valence electrons. The maximum atomic E-state index is 5.87. The Labute approximate surface area is 131 Å². The summed E-state index contributed by atoms with van der Waals surface area (Å²) >= 11 is 2.32. The SMILES string of the molecule is C[C@H](CO[C@H]1CCCCO1)n1cc(I)c2cncnc21. The molecule has 1 saturated heterocycles. The molecule has 0 amide bonds. The molecule has 2 aromatic rings. The van der Waals surface area contributed by atoms with E-state index in [4.69, 9.17) is 9.47 Å². The molecule has 3 rings (SSSR count). The van der Waals surface area contributed by atoms with Gasteiger partial charge in [0.1, 0.15) is 12.0 Å². The minimum Gasteiger partial charge on any atom is -0.353 e. The number of ether oxygens (including phenoxy) is 2. The molecule has 0 unspecified atom stereocenters. The van der Waals surface area contributed by atoms with Crippen LogP contribution in [0.5, 0.6) is 0 Å². The molecule has 0 spiro atoms. The van der Waals surface area contributed by atoms with Gasteiger partial charge in [-0.25, -0.2) is 9.97 Å². The van der Waals surface area contributed by atoms with Crippen molar-refractivity contribution in [2.75, 3.05) is 13.2 Å². The quantitative estimate of drug-likeness (QED) is 0.757. The number of hydrogen-bond acceptors (Lipinski definition) is 4. The number of rotatable bonds is 4. The van der Waals surface area contributed by atoms with Crippen LogP contribution in [0.3, 0.4) is 0 Å². The highest BCUT2D eigenvalue weighted by Crippen LogP contribution is 2.24. The Morgan fingerprint density at radius 2 is 2.45 bits per heavy atom. The molecule has 2 aromatic heterocycles. The molecule has 0 saturated carbocycles. The van der Waals surface area contributed by atoms with Gasteiger partial charge in [0.15, 0.2) is 6.29 Å². The minimum absolute atomic E-state index is 0.0401. The second-order valence-electron chi connectivity index (χ2n) is 5.12. The largest absolute Gasteiger partial charge is 0.353 e. The van der Waals surface area contributed by atoms with Crippen LogP contribution in [0.15, 0.2) is 18.7 Å². The van der Waals surface area contributed by atoms with E-state index in [9.17, 15) is 0 Å². The van der Waals surface area contributed by atoms with E-state index in [1.54, 1.807) is 6.33 Å². The first kappa shape index (κ1) is 14.2. The number of fused-ring (bicyclic) bond motifs is 1. The average Bonchev–Trinajstić information content (AvgIpc) is 2.84. The van der Waals surface area contributed by atoms with E-state index in [1.165, 1.54) is 9.99 Å². The van der Waals surface area contributed by atoms with Gasteiger partial charge in [-0.2, -0.15) is 0 Å². The molecule has 3 heterocycles. The predicted octanol–water partition coefficient (Wildman–Crippen LogP) is 3.14. The zero-order chi connectivity index (χ0) is 13.9. The van der Waals surface area contributed by atoms with Gasteiger partial charge in [-0.3, -0.25) is 0 Å². The first-order valence-corrected chi connectivity index (χ1v) is 8.03. The van der Waals surface area contributed by atoms with E-state index in [2.05, 4.69) is 50.2 Å². The van der Waals surface area contributed by atoms with Crippen molar-refractivity contribution in [1.29, 1.82) is 0 Å². The summed E-state index contributed by atoms with van der Waals surface area (Å²) in [4.78, 5) is 8.46. The Morgan fingerprint density at radius 3 is 3.25 bits per heavy atom. The molecule has 0 aliphatic carbocycles. The van der Waals surface area contributed by atoms with Crippen molar-refractivity contribution in [2.24, 2.45) is 0 Å². The zero-order valence-electron chi connectivity index (χ0n) is 11.5. The molecule has 5 nitrogen and oxygen atoms in total. The maximum absolute atomic E-state index is 5.87. The second-order valence-corrected chi connectivity index (χ2v) is 6.29.